The zero-order valence-corrected chi connectivity index (χ0v) is 31.7. The number of hydrogen-bond acceptors (Lipinski definition) is 19. The number of nitro benzene ring substituents is 4. The van der Waals surface area contributed by atoms with Crippen molar-refractivity contribution in [2.75, 3.05) is 20.3 Å². The molecule has 0 spiro atoms. The molecule has 1 aliphatic rings. The molecule has 1 aliphatic heterocycles. The fourth-order valence-corrected chi connectivity index (χ4v) is 5.82. The second-order valence-electron chi connectivity index (χ2n) is 12.6. The molecule has 1 saturated heterocycles. The third-order valence-corrected chi connectivity index (χ3v) is 8.89. The van der Waals surface area contributed by atoms with E-state index in [0.717, 1.165) is 104 Å². The van der Waals surface area contributed by atoms with E-state index in [1.165, 1.54) is 6.92 Å². The van der Waals surface area contributed by atoms with Gasteiger partial charge in [0.15, 0.2) is 24.6 Å². The van der Waals surface area contributed by atoms with Gasteiger partial charge in [0.1, 0.15) is 18.8 Å². The van der Waals surface area contributed by atoms with Gasteiger partial charge in [-0.25, -0.2) is 19.2 Å². The van der Waals surface area contributed by atoms with Gasteiger partial charge in [-0.3, -0.25) is 40.5 Å². The Hall–Kier alpha value is -7.76. The van der Waals surface area contributed by atoms with E-state index >= 15 is 0 Å². The lowest BCUT2D eigenvalue weighted by molar-refractivity contribution is -0.385. The van der Waals surface area contributed by atoms with E-state index in [9.17, 15) is 59.6 Å². The highest BCUT2D eigenvalue weighted by atomic mass is 16.7. The molecule has 1 heterocycles. The molecule has 318 valence electrons. The van der Waals surface area contributed by atoms with Crippen LogP contribution in [0.4, 0.5) is 22.7 Å². The van der Waals surface area contributed by atoms with Crippen molar-refractivity contribution in [2.24, 2.45) is 0 Å². The van der Waals surface area contributed by atoms with Crippen molar-refractivity contribution in [3.05, 3.63) is 160 Å². The summed E-state index contributed by atoms with van der Waals surface area (Å²) in [6, 6.07) is 16.9. The summed E-state index contributed by atoms with van der Waals surface area (Å²) in [7, 11) is 1.15. The number of ether oxygens (including phenoxy) is 7. The van der Waals surface area contributed by atoms with Crippen molar-refractivity contribution < 1.29 is 72.0 Å². The predicted molar refractivity (Wildman–Crippen MR) is 201 cm³/mol. The standard InChI is InChI=1S/C38H32N4O19/c1-3-56-38-33(60-37(46)24-10-18-28(19-11-24)42(53)54)32(59-36(45)23-8-16-27(17-9-23)41(51)52)31(58-35(44)22-6-14-26(15-7-22)40(49)50)30(61-38)29(55-2)20-57-34(43)21-4-12-25(13-5-21)39(47)48/h4-19,29-33,38H,3,20H2,1-2H3/t29-,30+,31+,32-,33+,38-/m1/s1. The summed E-state index contributed by atoms with van der Waals surface area (Å²) in [6.07, 6.45) is -10.4. The Morgan fingerprint density at radius 2 is 0.869 bits per heavy atom. The molecule has 0 unspecified atom stereocenters. The van der Waals surface area contributed by atoms with Gasteiger partial charge >= 0.3 is 23.9 Å². The van der Waals surface area contributed by atoms with Crippen LogP contribution in [0.15, 0.2) is 97.1 Å². The van der Waals surface area contributed by atoms with Crippen LogP contribution in [0.5, 0.6) is 0 Å². The molecular formula is C38H32N4O19. The molecule has 4 aromatic carbocycles. The molecule has 0 radical (unpaired) electrons. The molecule has 0 saturated carbocycles. The van der Waals surface area contributed by atoms with Crippen LogP contribution in [0.2, 0.25) is 0 Å². The van der Waals surface area contributed by atoms with E-state index in [4.69, 9.17) is 33.2 Å². The topological polar surface area (TPSA) is 305 Å². The summed E-state index contributed by atoms with van der Waals surface area (Å²) in [4.78, 5) is 96.5. The summed E-state index contributed by atoms with van der Waals surface area (Å²) in [5, 5.41) is 44.9. The van der Waals surface area contributed by atoms with Crippen LogP contribution in [0.25, 0.3) is 0 Å². The van der Waals surface area contributed by atoms with Gasteiger partial charge in [-0.2, -0.15) is 0 Å². The first-order valence-electron chi connectivity index (χ1n) is 17.7. The molecule has 0 aromatic heterocycles. The maximum atomic E-state index is 13.8. The van der Waals surface area contributed by atoms with Crippen molar-refractivity contribution in [3.8, 4) is 0 Å². The number of carbonyl (C=O) groups excluding carboxylic acids is 4. The number of nitro groups is 4. The molecule has 23 heteroatoms. The average molecular weight is 849 g/mol. The first kappa shape index (κ1) is 44.3. The van der Waals surface area contributed by atoms with Gasteiger partial charge in [0.25, 0.3) is 22.7 Å². The van der Waals surface area contributed by atoms with Crippen LogP contribution in [0.3, 0.4) is 0 Å². The lowest BCUT2D eigenvalue weighted by atomic mass is 9.94. The second-order valence-corrected chi connectivity index (χ2v) is 12.6. The van der Waals surface area contributed by atoms with E-state index in [2.05, 4.69) is 0 Å². The van der Waals surface area contributed by atoms with Gasteiger partial charge in [0.05, 0.1) is 41.9 Å². The second kappa shape index (κ2) is 19.8. The minimum atomic E-state index is -1.93. The number of benzene rings is 4. The Morgan fingerprint density at radius 1 is 0.541 bits per heavy atom. The zero-order chi connectivity index (χ0) is 44.4. The molecule has 0 bridgehead atoms. The van der Waals surface area contributed by atoms with Crippen LogP contribution in [0.1, 0.15) is 48.4 Å². The quantitative estimate of drug-likeness (QED) is 0.0588. The molecule has 1 fully saturated rings. The largest absolute Gasteiger partial charge is 0.459 e. The van der Waals surface area contributed by atoms with Gasteiger partial charge in [0, 0.05) is 62.2 Å². The molecule has 23 nitrogen and oxygen atoms in total. The lowest BCUT2D eigenvalue weighted by Gasteiger charge is -2.46. The molecular weight excluding hydrogens is 816 g/mol. The average Bonchev–Trinajstić information content (AvgIpc) is 3.25. The number of nitrogens with zero attached hydrogens (tertiary/aromatic N) is 4. The van der Waals surface area contributed by atoms with Gasteiger partial charge in [-0.15, -0.1) is 0 Å². The fourth-order valence-electron chi connectivity index (χ4n) is 5.82. The zero-order valence-electron chi connectivity index (χ0n) is 31.7. The van der Waals surface area contributed by atoms with E-state index in [-0.39, 0.29) is 51.6 Å². The Bertz CT molecular complexity index is 2290. The molecule has 0 N–H and O–H groups in total. The first-order valence-corrected chi connectivity index (χ1v) is 17.7. The number of non-ortho nitro benzene ring substituents is 4. The highest BCUT2D eigenvalue weighted by Crippen LogP contribution is 2.34. The van der Waals surface area contributed by atoms with Crippen LogP contribution >= 0.6 is 0 Å². The third-order valence-electron chi connectivity index (χ3n) is 8.89. The van der Waals surface area contributed by atoms with Crippen LogP contribution in [-0.4, -0.2) is 101 Å². The number of hydrogen-bond donors (Lipinski definition) is 0. The summed E-state index contributed by atoms with van der Waals surface area (Å²) >= 11 is 0. The molecule has 5 rings (SSSR count). The minimum Gasteiger partial charge on any atom is -0.459 e. The van der Waals surface area contributed by atoms with Crippen molar-refractivity contribution >= 4 is 46.6 Å². The van der Waals surface area contributed by atoms with Gasteiger partial charge in [-0.1, -0.05) is 0 Å². The van der Waals surface area contributed by atoms with Gasteiger partial charge in [0.2, 0.25) is 0 Å². The lowest BCUT2D eigenvalue weighted by Crippen LogP contribution is -2.65. The highest BCUT2D eigenvalue weighted by Gasteiger charge is 2.55. The predicted octanol–water partition coefficient (Wildman–Crippen LogP) is 4.93. The number of esters is 4. The maximum Gasteiger partial charge on any atom is 0.338 e. The van der Waals surface area contributed by atoms with E-state index in [0.29, 0.717) is 0 Å². The number of carbonyl (C=O) groups is 4. The normalized spacial score (nSPS) is 18.8. The van der Waals surface area contributed by atoms with E-state index < -0.39 is 87.0 Å². The molecule has 0 amide bonds. The highest BCUT2D eigenvalue weighted by molar-refractivity contribution is 5.92. The van der Waals surface area contributed by atoms with Gasteiger partial charge in [-0.05, 0) is 55.5 Å². The van der Waals surface area contributed by atoms with Crippen molar-refractivity contribution in [2.45, 2.75) is 43.7 Å². The molecule has 6 atom stereocenters. The Balaban J connectivity index is 1.57. The Labute approximate surface area is 342 Å². The van der Waals surface area contributed by atoms with Crippen molar-refractivity contribution in [3.63, 3.8) is 0 Å². The minimum absolute atomic E-state index is 0.105. The number of rotatable bonds is 17. The smallest absolute Gasteiger partial charge is 0.338 e. The maximum absolute atomic E-state index is 13.8. The summed E-state index contributed by atoms with van der Waals surface area (Å²) in [6.45, 7) is 0.690. The van der Waals surface area contributed by atoms with Crippen molar-refractivity contribution in [1.29, 1.82) is 0 Å². The van der Waals surface area contributed by atoms with Crippen LogP contribution in [0, 0.1) is 40.5 Å². The number of methoxy groups -OCH3 is 1. The van der Waals surface area contributed by atoms with Crippen LogP contribution < -0.4 is 0 Å². The summed E-state index contributed by atoms with van der Waals surface area (Å²) in [5.74, 6) is -4.51. The van der Waals surface area contributed by atoms with E-state index in [1.54, 1.807) is 0 Å². The third kappa shape index (κ3) is 10.8. The monoisotopic (exact) mass is 848 g/mol. The molecule has 0 aliphatic carbocycles. The Morgan fingerprint density at radius 3 is 1.20 bits per heavy atom. The molecule has 4 aromatic rings. The van der Waals surface area contributed by atoms with Crippen LogP contribution in [-0.2, 0) is 33.2 Å². The van der Waals surface area contributed by atoms with E-state index in [1.807, 2.05) is 0 Å². The molecule has 61 heavy (non-hydrogen) atoms. The SMILES string of the molecule is CCO[C@@H]1O[C@@H]([C@@H](COC(=O)c2ccc([N+](=O)[O-])cc2)OC)[C@H](OC(=O)c2ccc([N+](=O)[O-])cc2)[C@@H](OC(=O)c2ccc([N+](=O)[O-])cc2)[C@@H]1OC(=O)c1ccc([N+](=O)[O-])cc1. The first-order chi connectivity index (χ1) is 29.1. The van der Waals surface area contributed by atoms with Crippen molar-refractivity contribution in [1.82, 2.24) is 0 Å². The summed E-state index contributed by atoms with van der Waals surface area (Å²) < 4.78 is 40.6. The fraction of sp³-hybridized carbons (Fsp3) is 0.263. The summed E-state index contributed by atoms with van der Waals surface area (Å²) in [5.41, 5.74) is -2.27. The van der Waals surface area contributed by atoms with Gasteiger partial charge < -0.3 is 33.2 Å². The Kier molecular flexibility index (Phi) is 14.4.